The fourth-order valence-electron chi connectivity index (χ4n) is 2.63. The van der Waals surface area contributed by atoms with E-state index < -0.39 is 0 Å². The molecule has 2 heteroatoms. The molecule has 0 aromatic heterocycles. The van der Waals surface area contributed by atoms with Crippen molar-refractivity contribution in [1.29, 1.82) is 0 Å². The molecular formula is C22H40OS. The summed E-state index contributed by atoms with van der Waals surface area (Å²) in [6.07, 6.45) is 27.3. The summed E-state index contributed by atoms with van der Waals surface area (Å²) < 4.78 is 0. The largest absolute Gasteiger partial charge is 0.395 e. The van der Waals surface area contributed by atoms with Gasteiger partial charge in [0.2, 0.25) is 0 Å². The molecule has 0 aliphatic heterocycles. The van der Waals surface area contributed by atoms with Crippen molar-refractivity contribution in [2.24, 2.45) is 0 Å². The Morgan fingerprint density at radius 1 is 0.750 bits per heavy atom. The lowest BCUT2D eigenvalue weighted by molar-refractivity contribution is 0.288. The minimum atomic E-state index is 0.343. The van der Waals surface area contributed by atoms with E-state index in [-0.39, 0.29) is 0 Å². The molecule has 1 atom stereocenters. The summed E-state index contributed by atoms with van der Waals surface area (Å²) in [6.45, 7) is 4.68. The van der Waals surface area contributed by atoms with Gasteiger partial charge >= 0.3 is 0 Å². The summed E-state index contributed by atoms with van der Waals surface area (Å²) in [6, 6.07) is 0. The Bertz CT molecular complexity index is 320. The zero-order chi connectivity index (χ0) is 17.7. The standard InChI is InChI=1S/C22H40OS/c1-3-5-6-7-8-9-10-11-12-13-14-15-16-17-18-19-20-22(21-23)24-4-2/h5-6,8-9,11-12,22-23H,3-4,7,10,13-21H2,1-2H3/b6-5-,9-8-,12-11-. The maximum Gasteiger partial charge on any atom is 0.0550 e. The van der Waals surface area contributed by atoms with Gasteiger partial charge in [-0.2, -0.15) is 11.8 Å². The van der Waals surface area contributed by atoms with Gasteiger partial charge in [-0.05, 0) is 44.3 Å². The summed E-state index contributed by atoms with van der Waals surface area (Å²) in [5.41, 5.74) is 0. The fourth-order valence-corrected chi connectivity index (χ4v) is 3.54. The van der Waals surface area contributed by atoms with Crippen LogP contribution >= 0.6 is 11.8 Å². The van der Waals surface area contributed by atoms with E-state index in [9.17, 15) is 5.11 Å². The molecule has 0 heterocycles. The van der Waals surface area contributed by atoms with Gasteiger partial charge < -0.3 is 5.11 Å². The van der Waals surface area contributed by atoms with E-state index in [1.165, 1.54) is 51.4 Å². The Morgan fingerprint density at radius 2 is 1.33 bits per heavy atom. The van der Waals surface area contributed by atoms with E-state index in [2.05, 4.69) is 50.3 Å². The molecule has 0 bridgehead atoms. The van der Waals surface area contributed by atoms with Crippen molar-refractivity contribution >= 4 is 11.8 Å². The first kappa shape index (κ1) is 23.5. The molecule has 0 spiro atoms. The molecule has 0 saturated carbocycles. The van der Waals surface area contributed by atoms with E-state index in [0.29, 0.717) is 11.9 Å². The minimum Gasteiger partial charge on any atom is -0.395 e. The zero-order valence-corrected chi connectivity index (χ0v) is 16.9. The van der Waals surface area contributed by atoms with Gasteiger partial charge in [-0.15, -0.1) is 0 Å². The SMILES string of the molecule is CC/C=C\C/C=C\C/C=C\CCCCCCCCC(CO)SCC. The normalized spacial score (nSPS) is 13.6. The van der Waals surface area contributed by atoms with Crippen LogP contribution in [-0.4, -0.2) is 22.7 Å². The molecule has 1 nitrogen and oxygen atoms in total. The summed E-state index contributed by atoms with van der Waals surface area (Å²) in [4.78, 5) is 0. The molecule has 1 unspecified atom stereocenters. The van der Waals surface area contributed by atoms with E-state index in [0.717, 1.165) is 25.0 Å². The van der Waals surface area contributed by atoms with Gasteiger partial charge in [-0.3, -0.25) is 0 Å². The maximum atomic E-state index is 9.25. The van der Waals surface area contributed by atoms with Crippen LogP contribution in [0.25, 0.3) is 0 Å². The highest BCUT2D eigenvalue weighted by Gasteiger charge is 2.05. The maximum absolute atomic E-state index is 9.25. The van der Waals surface area contributed by atoms with Crippen molar-refractivity contribution < 1.29 is 5.11 Å². The van der Waals surface area contributed by atoms with Crippen LogP contribution < -0.4 is 0 Å². The van der Waals surface area contributed by atoms with E-state index >= 15 is 0 Å². The number of aliphatic hydroxyl groups is 1. The van der Waals surface area contributed by atoms with Gasteiger partial charge in [-0.25, -0.2) is 0 Å². The third-order valence-electron chi connectivity index (χ3n) is 4.03. The van der Waals surface area contributed by atoms with Gasteiger partial charge in [-0.1, -0.05) is 82.4 Å². The second kappa shape index (κ2) is 20.6. The quantitative estimate of drug-likeness (QED) is 0.223. The molecule has 0 aromatic carbocycles. The Balaban J connectivity index is 3.30. The Kier molecular flexibility index (Phi) is 20.2. The molecule has 24 heavy (non-hydrogen) atoms. The molecule has 1 N–H and O–H groups in total. The van der Waals surface area contributed by atoms with Crippen molar-refractivity contribution in [2.45, 2.75) is 89.7 Å². The Hall–Kier alpha value is -0.470. The molecule has 0 amide bonds. The van der Waals surface area contributed by atoms with Crippen LogP contribution in [0.1, 0.15) is 84.5 Å². The molecule has 0 saturated heterocycles. The fraction of sp³-hybridized carbons (Fsp3) is 0.727. The average Bonchev–Trinajstić information content (AvgIpc) is 2.60. The first-order chi connectivity index (χ1) is 11.8. The van der Waals surface area contributed by atoms with Gasteiger partial charge in [0.05, 0.1) is 6.61 Å². The predicted octanol–water partition coefficient (Wildman–Crippen LogP) is 7.08. The topological polar surface area (TPSA) is 20.2 Å². The second-order valence-corrected chi connectivity index (χ2v) is 7.83. The van der Waals surface area contributed by atoms with E-state index in [1.807, 2.05) is 11.8 Å². The lowest BCUT2D eigenvalue weighted by atomic mass is 10.1. The molecule has 0 aliphatic carbocycles. The second-order valence-electron chi connectivity index (χ2n) is 6.25. The van der Waals surface area contributed by atoms with Crippen LogP contribution in [0.15, 0.2) is 36.5 Å². The summed E-state index contributed by atoms with van der Waals surface area (Å²) in [7, 11) is 0. The van der Waals surface area contributed by atoms with Crippen molar-refractivity contribution in [1.82, 2.24) is 0 Å². The van der Waals surface area contributed by atoms with Gasteiger partial charge in [0.1, 0.15) is 0 Å². The molecule has 0 aliphatic rings. The van der Waals surface area contributed by atoms with Crippen LogP contribution in [0.5, 0.6) is 0 Å². The van der Waals surface area contributed by atoms with Crippen molar-refractivity contribution in [2.75, 3.05) is 12.4 Å². The Labute approximate surface area is 155 Å². The first-order valence-corrected chi connectivity index (χ1v) is 11.1. The highest BCUT2D eigenvalue weighted by Crippen LogP contribution is 2.18. The molecular weight excluding hydrogens is 312 g/mol. The predicted molar refractivity (Wildman–Crippen MR) is 113 cm³/mol. The number of hydrogen-bond donors (Lipinski definition) is 1. The third kappa shape index (κ3) is 17.9. The average molecular weight is 353 g/mol. The molecule has 140 valence electrons. The van der Waals surface area contributed by atoms with Crippen LogP contribution in [-0.2, 0) is 0 Å². The number of rotatable bonds is 17. The van der Waals surface area contributed by atoms with Crippen LogP contribution in [0.3, 0.4) is 0 Å². The molecule has 0 radical (unpaired) electrons. The number of unbranched alkanes of at least 4 members (excludes halogenated alkanes) is 6. The van der Waals surface area contributed by atoms with Crippen molar-refractivity contribution in [3.05, 3.63) is 36.5 Å². The van der Waals surface area contributed by atoms with Crippen molar-refractivity contribution in [3.8, 4) is 0 Å². The smallest absolute Gasteiger partial charge is 0.0550 e. The van der Waals surface area contributed by atoms with Crippen LogP contribution in [0.2, 0.25) is 0 Å². The molecule has 0 rings (SSSR count). The number of aliphatic hydroxyl groups excluding tert-OH is 1. The number of allylic oxidation sites excluding steroid dienone is 6. The molecule has 0 aromatic rings. The lowest BCUT2D eigenvalue weighted by Crippen LogP contribution is -2.08. The van der Waals surface area contributed by atoms with E-state index in [4.69, 9.17) is 0 Å². The first-order valence-electron chi connectivity index (χ1n) is 10.0. The summed E-state index contributed by atoms with van der Waals surface area (Å²) >= 11 is 1.90. The van der Waals surface area contributed by atoms with Crippen molar-refractivity contribution in [3.63, 3.8) is 0 Å². The van der Waals surface area contributed by atoms with Gasteiger partial charge in [0, 0.05) is 5.25 Å². The third-order valence-corrected chi connectivity index (χ3v) is 5.22. The van der Waals surface area contributed by atoms with Gasteiger partial charge in [0.25, 0.3) is 0 Å². The van der Waals surface area contributed by atoms with Gasteiger partial charge in [0.15, 0.2) is 0 Å². The minimum absolute atomic E-state index is 0.343. The summed E-state index contributed by atoms with van der Waals surface area (Å²) in [5, 5.41) is 9.72. The summed E-state index contributed by atoms with van der Waals surface area (Å²) in [5.74, 6) is 1.12. The monoisotopic (exact) mass is 352 g/mol. The zero-order valence-electron chi connectivity index (χ0n) is 16.1. The van der Waals surface area contributed by atoms with E-state index in [1.54, 1.807) is 0 Å². The molecule has 0 fully saturated rings. The van der Waals surface area contributed by atoms with Crippen LogP contribution in [0, 0.1) is 0 Å². The number of hydrogen-bond acceptors (Lipinski definition) is 2. The Morgan fingerprint density at radius 3 is 1.96 bits per heavy atom. The lowest BCUT2D eigenvalue weighted by Gasteiger charge is -2.11. The highest BCUT2D eigenvalue weighted by atomic mass is 32.2. The highest BCUT2D eigenvalue weighted by molar-refractivity contribution is 7.99. The van der Waals surface area contributed by atoms with Crippen LogP contribution in [0.4, 0.5) is 0 Å². The number of thioether (sulfide) groups is 1.